The molecule has 10 nitrogen and oxygen atoms in total. The molecule has 5 rings (SSSR count). The van der Waals surface area contributed by atoms with Crippen molar-refractivity contribution in [3.63, 3.8) is 0 Å². The molecule has 1 aliphatic rings. The average molecular weight is 588 g/mol. The van der Waals surface area contributed by atoms with Gasteiger partial charge < -0.3 is 20.9 Å². The van der Waals surface area contributed by atoms with Gasteiger partial charge in [-0.25, -0.2) is 14.2 Å². The first-order valence-corrected chi connectivity index (χ1v) is 12.6. The highest BCUT2D eigenvalue weighted by molar-refractivity contribution is 5.97. The zero-order chi connectivity index (χ0) is 30.8. The molecule has 220 valence electrons. The molecule has 4 aromatic rings. The summed E-state index contributed by atoms with van der Waals surface area (Å²) in [5.41, 5.74) is -0.307. The highest BCUT2D eigenvalue weighted by Crippen LogP contribution is 2.47. The first-order chi connectivity index (χ1) is 19.6. The largest absolute Gasteiger partial charge is 0.489 e. The summed E-state index contributed by atoms with van der Waals surface area (Å²) in [7, 11) is 3.02. The van der Waals surface area contributed by atoms with Gasteiger partial charge in [0.25, 0.3) is 5.91 Å². The van der Waals surface area contributed by atoms with Crippen molar-refractivity contribution in [1.29, 1.82) is 0 Å². The van der Waals surface area contributed by atoms with Gasteiger partial charge >= 0.3 is 11.9 Å². The molecule has 2 aromatic heterocycles. The van der Waals surface area contributed by atoms with Crippen LogP contribution in [0.2, 0.25) is 0 Å². The molecular weight excluding hydrogens is 562 g/mol. The van der Waals surface area contributed by atoms with Gasteiger partial charge in [-0.15, -0.1) is 0 Å². The van der Waals surface area contributed by atoms with E-state index in [1.54, 1.807) is 0 Å². The number of nitrogens with one attached hydrogen (secondary N) is 1. The molecule has 0 saturated heterocycles. The summed E-state index contributed by atoms with van der Waals surface area (Å²) in [4.78, 5) is 41.6. The molecule has 4 N–H and O–H groups in total. The topological polar surface area (TPSA) is 141 Å². The van der Waals surface area contributed by atoms with Crippen molar-refractivity contribution in [2.75, 3.05) is 13.2 Å². The monoisotopic (exact) mass is 587 g/mol. The number of nitrogens with two attached hydrogens (primary N) is 1. The van der Waals surface area contributed by atoms with Crippen LogP contribution in [0.1, 0.15) is 28.5 Å². The fraction of sp³-hybridized carbons (Fsp3) is 0.286. The molecule has 0 aliphatic carbocycles. The summed E-state index contributed by atoms with van der Waals surface area (Å²) in [6.45, 7) is -0.284. The number of aryl methyl sites for hydroxylation is 2. The number of carbonyl (C=O) groups excluding carboxylic acids is 2. The van der Waals surface area contributed by atoms with Crippen LogP contribution in [0.15, 0.2) is 53.3 Å². The van der Waals surface area contributed by atoms with Gasteiger partial charge in [-0.2, -0.15) is 13.2 Å². The molecule has 42 heavy (non-hydrogen) atoms. The zero-order valence-corrected chi connectivity index (χ0v) is 22.5. The van der Waals surface area contributed by atoms with E-state index in [0.717, 1.165) is 18.2 Å². The Kier molecular flexibility index (Phi) is 6.64. The van der Waals surface area contributed by atoms with Gasteiger partial charge in [-0.1, -0.05) is 0 Å². The third-order valence-corrected chi connectivity index (χ3v) is 7.67. The lowest BCUT2D eigenvalue weighted by atomic mass is 9.81. The van der Waals surface area contributed by atoms with E-state index in [0.29, 0.717) is 11.0 Å². The number of alkyl halides is 3. The molecule has 1 aliphatic heterocycles. The smallest absolute Gasteiger partial charge is 0.424 e. The Morgan fingerprint density at radius 2 is 1.74 bits per heavy atom. The highest BCUT2D eigenvalue weighted by atomic mass is 19.4. The van der Waals surface area contributed by atoms with E-state index in [2.05, 4.69) is 10.3 Å². The lowest BCUT2D eigenvalue weighted by Gasteiger charge is -2.31. The van der Waals surface area contributed by atoms with Crippen LogP contribution >= 0.6 is 0 Å². The standard InChI is InChI=1S/C28H25F4N5O5/c1-26(24(33)39)13-42-22-17(26)11-20(35-21(22)14-4-7-16(29)8-5-14)27(41,28(30,31)32)12-34-23(38)15-6-9-18-19(10-15)37(3)25(40)36(18)2/h4-11,41H,12-13H2,1-3H3,(H2,33,39)(H,34,38)/t26-,27-/m0/s1. The number of pyridine rings is 1. The van der Waals surface area contributed by atoms with Gasteiger partial charge in [0.2, 0.25) is 11.5 Å². The predicted molar refractivity (Wildman–Crippen MR) is 142 cm³/mol. The second kappa shape index (κ2) is 9.69. The van der Waals surface area contributed by atoms with Crippen molar-refractivity contribution < 1.29 is 37.0 Å². The molecular formula is C28H25F4N5O5. The molecule has 0 fully saturated rings. The molecule has 0 radical (unpaired) electrons. The maximum Gasteiger partial charge on any atom is 0.424 e. The van der Waals surface area contributed by atoms with Crippen LogP contribution in [0.5, 0.6) is 5.75 Å². The van der Waals surface area contributed by atoms with Crippen molar-refractivity contribution in [1.82, 2.24) is 19.4 Å². The van der Waals surface area contributed by atoms with Crippen LogP contribution in [0, 0.1) is 5.82 Å². The van der Waals surface area contributed by atoms with Gasteiger partial charge in [0, 0.05) is 30.8 Å². The van der Waals surface area contributed by atoms with E-state index in [-0.39, 0.29) is 40.4 Å². The highest BCUT2D eigenvalue weighted by Gasteiger charge is 2.57. The van der Waals surface area contributed by atoms with Crippen molar-refractivity contribution in [3.8, 4) is 17.0 Å². The Hall–Kier alpha value is -4.72. The number of carbonyl (C=O) groups is 2. The number of fused-ring (bicyclic) bond motifs is 2. The first-order valence-electron chi connectivity index (χ1n) is 12.6. The fourth-order valence-corrected chi connectivity index (χ4v) is 4.90. The molecule has 2 aromatic carbocycles. The number of aliphatic hydroxyl groups is 1. The molecule has 0 bridgehead atoms. The minimum Gasteiger partial charge on any atom is -0.489 e. The number of hydrogen-bond acceptors (Lipinski definition) is 6. The van der Waals surface area contributed by atoms with Crippen LogP contribution in [0.3, 0.4) is 0 Å². The van der Waals surface area contributed by atoms with Gasteiger partial charge in [-0.3, -0.25) is 18.7 Å². The van der Waals surface area contributed by atoms with E-state index < -0.39 is 47.1 Å². The van der Waals surface area contributed by atoms with E-state index >= 15 is 0 Å². The van der Waals surface area contributed by atoms with Gasteiger partial charge in [0.1, 0.15) is 29.3 Å². The Morgan fingerprint density at radius 1 is 1.10 bits per heavy atom. The van der Waals surface area contributed by atoms with Crippen LogP contribution in [-0.4, -0.2) is 50.4 Å². The van der Waals surface area contributed by atoms with E-state index in [9.17, 15) is 37.1 Å². The number of nitrogens with zero attached hydrogens (tertiary/aromatic N) is 3. The van der Waals surface area contributed by atoms with E-state index in [1.165, 1.54) is 60.5 Å². The second-order valence-corrected chi connectivity index (χ2v) is 10.4. The lowest BCUT2D eigenvalue weighted by molar-refractivity contribution is -0.265. The quantitative estimate of drug-likeness (QED) is 0.296. The second-order valence-electron chi connectivity index (χ2n) is 10.4. The maximum atomic E-state index is 14.6. The van der Waals surface area contributed by atoms with E-state index in [1.807, 2.05) is 0 Å². The van der Waals surface area contributed by atoms with Crippen LogP contribution in [0.25, 0.3) is 22.3 Å². The summed E-state index contributed by atoms with van der Waals surface area (Å²) in [6.07, 6.45) is -5.36. The number of primary amides is 1. The van der Waals surface area contributed by atoms with Gasteiger partial charge in [0.05, 0.1) is 23.3 Å². The molecule has 0 saturated carbocycles. The summed E-state index contributed by atoms with van der Waals surface area (Å²) in [5.74, 6) is -2.50. The SMILES string of the molecule is Cn1c(=O)n(C)c2cc(C(=O)NC[C@](O)(c3cc4c(c(-c5ccc(F)cc5)n3)OC[C@]4(C)C(N)=O)C(F)(F)F)ccc21. The summed E-state index contributed by atoms with van der Waals surface area (Å²) >= 11 is 0. The van der Waals surface area contributed by atoms with Crippen LogP contribution in [0.4, 0.5) is 17.6 Å². The van der Waals surface area contributed by atoms with Gasteiger partial charge in [-0.05, 0) is 55.5 Å². The average Bonchev–Trinajstić information content (AvgIpc) is 3.41. The molecule has 2 atom stereocenters. The molecule has 2 amide bonds. The Morgan fingerprint density at radius 3 is 2.36 bits per heavy atom. The van der Waals surface area contributed by atoms with Crippen molar-refractivity contribution in [2.45, 2.75) is 24.1 Å². The number of hydrogen-bond donors (Lipinski definition) is 3. The van der Waals surface area contributed by atoms with Crippen LogP contribution in [-0.2, 0) is 29.9 Å². The fourth-order valence-electron chi connectivity index (χ4n) is 4.90. The number of aromatic nitrogens is 3. The van der Waals surface area contributed by atoms with Crippen molar-refractivity contribution >= 4 is 22.8 Å². The molecule has 14 heteroatoms. The number of imidazole rings is 1. The normalized spacial score (nSPS) is 17.9. The van der Waals surface area contributed by atoms with E-state index in [4.69, 9.17) is 10.5 Å². The molecule has 0 spiro atoms. The number of ether oxygens (including phenoxy) is 1. The summed E-state index contributed by atoms with van der Waals surface area (Å²) in [5, 5.41) is 13.3. The zero-order valence-electron chi connectivity index (χ0n) is 22.5. The molecule has 3 heterocycles. The predicted octanol–water partition coefficient (Wildman–Crippen LogP) is 2.39. The van der Waals surface area contributed by atoms with Gasteiger partial charge in [0.15, 0.2) is 0 Å². The number of halogens is 4. The third-order valence-electron chi connectivity index (χ3n) is 7.67. The lowest BCUT2D eigenvalue weighted by Crippen LogP contribution is -2.51. The Bertz CT molecular complexity index is 1810. The summed E-state index contributed by atoms with van der Waals surface area (Å²) in [6, 6.07) is 9.67. The number of rotatable bonds is 6. The van der Waals surface area contributed by atoms with Crippen molar-refractivity contribution in [2.24, 2.45) is 19.8 Å². The van der Waals surface area contributed by atoms with Crippen LogP contribution < -0.4 is 21.5 Å². The Labute approximate surface area is 235 Å². The summed E-state index contributed by atoms with van der Waals surface area (Å²) < 4.78 is 65.6. The minimum absolute atomic E-state index is 0.0398. The molecule has 0 unspecified atom stereocenters. The maximum absolute atomic E-state index is 14.6. The first kappa shape index (κ1) is 28.8. The number of amides is 2. The minimum atomic E-state index is -5.36. The third kappa shape index (κ3) is 4.38. The van der Waals surface area contributed by atoms with Crippen molar-refractivity contribution in [3.05, 3.63) is 81.7 Å². The number of benzene rings is 2. The Balaban J connectivity index is 1.59.